The molecule has 0 aromatic carbocycles. The second-order valence-corrected chi connectivity index (χ2v) is 4.02. The molecule has 0 aromatic heterocycles. The maximum absolute atomic E-state index is 10.6. The molecule has 0 saturated carbocycles. The topological polar surface area (TPSA) is 49.8 Å². The van der Waals surface area contributed by atoms with Crippen LogP contribution in [-0.4, -0.2) is 48.8 Å². The van der Waals surface area contributed by atoms with Crippen LogP contribution in [-0.2, 0) is 9.53 Å². The van der Waals surface area contributed by atoms with E-state index in [1.807, 2.05) is 11.8 Å². The first-order valence-electron chi connectivity index (χ1n) is 4.92. The first-order chi connectivity index (χ1) is 6.47. The number of hydrogen-bond donors (Lipinski definition) is 1. The van der Waals surface area contributed by atoms with Crippen LogP contribution in [0.25, 0.3) is 0 Å². The minimum absolute atomic E-state index is 0.0860. The van der Waals surface area contributed by atoms with Crippen LogP contribution in [0.3, 0.4) is 0 Å². The van der Waals surface area contributed by atoms with Crippen molar-refractivity contribution in [2.24, 2.45) is 5.92 Å². The summed E-state index contributed by atoms with van der Waals surface area (Å²) >= 11 is 0. The highest BCUT2D eigenvalue weighted by Crippen LogP contribution is 2.04. The molecule has 1 N–H and O–H groups in total. The number of carboxylic acids is 1. The number of nitrogens with zero attached hydrogens (tertiary/aromatic N) is 1. The lowest BCUT2D eigenvalue weighted by molar-refractivity contribution is -0.139. The van der Waals surface area contributed by atoms with E-state index in [0.717, 1.165) is 6.54 Å². The summed E-state index contributed by atoms with van der Waals surface area (Å²) in [6.07, 6.45) is 0. The molecule has 0 fully saturated rings. The zero-order valence-corrected chi connectivity index (χ0v) is 9.49. The van der Waals surface area contributed by atoms with E-state index in [9.17, 15) is 4.79 Å². The molecule has 0 rings (SSSR count). The number of carboxylic acid groups (broad SMARTS) is 1. The van der Waals surface area contributed by atoms with Gasteiger partial charge < -0.3 is 9.84 Å². The van der Waals surface area contributed by atoms with Crippen LogP contribution in [0, 0.1) is 5.92 Å². The Balaban J connectivity index is 4.14. The lowest BCUT2D eigenvalue weighted by atomic mass is 10.1. The largest absolute Gasteiger partial charge is 0.480 e. The molecule has 0 heterocycles. The van der Waals surface area contributed by atoms with E-state index in [1.165, 1.54) is 0 Å². The molecule has 0 saturated heterocycles. The normalized spacial score (nSPS) is 13.6. The van der Waals surface area contributed by atoms with Gasteiger partial charge in [-0.05, 0) is 12.8 Å². The van der Waals surface area contributed by atoms with Gasteiger partial charge in [0, 0.05) is 19.7 Å². The molecule has 1 unspecified atom stereocenters. The van der Waals surface area contributed by atoms with Crippen molar-refractivity contribution in [3.8, 4) is 0 Å². The number of methoxy groups -OCH3 is 1. The molecular weight excluding hydrogens is 182 g/mol. The van der Waals surface area contributed by atoms with E-state index < -0.39 is 5.97 Å². The SMILES string of the molecule is COCC(C)N(CC(=O)O)CC(C)C. The van der Waals surface area contributed by atoms with Gasteiger partial charge in [0.2, 0.25) is 0 Å². The third-order valence-electron chi connectivity index (χ3n) is 1.97. The van der Waals surface area contributed by atoms with Crippen LogP contribution in [0.1, 0.15) is 20.8 Å². The second-order valence-electron chi connectivity index (χ2n) is 4.02. The van der Waals surface area contributed by atoms with Crippen LogP contribution in [0.2, 0.25) is 0 Å². The van der Waals surface area contributed by atoms with E-state index in [0.29, 0.717) is 12.5 Å². The van der Waals surface area contributed by atoms with Gasteiger partial charge in [-0.2, -0.15) is 0 Å². The van der Waals surface area contributed by atoms with Crippen molar-refractivity contribution in [1.82, 2.24) is 4.90 Å². The van der Waals surface area contributed by atoms with Crippen molar-refractivity contribution < 1.29 is 14.6 Å². The molecule has 4 heteroatoms. The average molecular weight is 203 g/mol. The van der Waals surface area contributed by atoms with Crippen LogP contribution < -0.4 is 0 Å². The lowest BCUT2D eigenvalue weighted by Gasteiger charge is -2.28. The highest BCUT2D eigenvalue weighted by atomic mass is 16.5. The maximum Gasteiger partial charge on any atom is 0.317 e. The Morgan fingerprint density at radius 3 is 2.36 bits per heavy atom. The van der Waals surface area contributed by atoms with Crippen LogP contribution in [0.15, 0.2) is 0 Å². The molecule has 0 aliphatic rings. The van der Waals surface area contributed by atoms with Crippen molar-refractivity contribution in [2.75, 3.05) is 26.8 Å². The van der Waals surface area contributed by atoms with E-state index in [2.05, 4.69) is 13.8 Å². The monoisotopic (exact) mass is 203 g/mol. The van der Waals surface area contributed by atoms with Gasteiger partial charge in [-0.1, -0.05) is 13.8 Å². The van der Waals surface area contributed by atoms with Gasteiger partial charge in [0.1, 0.15) is 0 Å². The summed E-state index contributed by atoms with van der Waals surface area (Å²) in [4.78, 5) is 12.5. The molecule has 0 aliphatic carbocycles. The summed E-state index contributed by atoms with van der Waals surface area (Å²) in [7, 11) is 1.63. The number of hydrogen-bond acceptors (Lipinski definition) is 3. The van der Waals surface area contributed by atoms with Crippen molar-refractivity contribution >= 4 is 5.97 Å². The molecule has 4 nitrogen and oxygen atoms in total. The van der Waals surface area contributed by atoms with E-state index >= 15 is 0 Å². The minimum atomic E-state index is -0.784. The highest BCUT2D eigenvalue weighted by molar-refractivity contribution is 5.69. The van der Waals surface area contributed by atoms with Gasteiger partial charge in [0.05, 0.1) is 13.2 Å². The summed E-state index contributed by atoms with van der Waals surface area (Å²) in [5.74, 6) is -0.317. The van der Waals surface area contributed by atoms with Crippen molar-refractivity contribution in [3.05, 3.63) is 0 Å². The number of ether oxygens (including phenoxy) is 1. The number of rotatable bonds is 7. The minimum Gasteiger partial charge on any atom is -0.480 e. The molecular formula is C10H21NO3. The fraction of sp³-hybridized carbons (Fsp3) is 0.900. The third kappa shape index (κ3) is 5.94. The molecule has 0 amide bonds. The lowest BCUT2D eigenvalue weighted by Crippen LogP contribution is -2.41. The van der Waals surface area contributed by atoms with E-state index in [4.69, 9.17) is 9.84 Å². The smallest absolute Gasteiger partial charge is 0.317 e. The molecule has 14 heavy (non-hydrogen) atoms. The molecule has 84 valence electrons. The van der Waals surface area contributed by atoms with Crippen molar-refractivity contribution in [1.29, 1.82) is 0 Å². The van der Waals surface area contributed by atoms with Crippen LogP contribution in [0.5, 0.6) is 0 Å². The zero-order valence-electron chi connectivity index (χ0n) is 9.49. The van der Waals surface area contributed by atoms with Gasteiger partial charge in [-0.25, -0.2) is 0 Å². The van der Waals surface area contributed by atoms with Crippen molar-refractivity contribution in [3.63, 3.8) is 0 Å². The Labute approximate surface area is 85.9 Å². The average Bonchev–Trinajstić information content (AvgIpc) is 2.01. The standard InChI is InChI=1S/C10H21NO3/c1-8(2)5-11(6-10(12)13)9(3)7-14-4/h8-9H,5-7H2,1-4H3,(H,12,13). The molecule has 0 radical (unpaired) electrons. The predicted octanol–water partition coefficient (Wildman–Crippen LogP) is 1.06. The zero-order chi connectivity index (χ0) is 11.1. The summed E-state index contributed by atoms with van der Waals surface area (Å²) < 4.78 is 5.01. The summed E-state index contributed by atoms with van der Waals surface area (Å²) in [6, 6.07) is 0.151. The Morgan fingerprint density at radius 2 is 2.00 bits per heavy atom. The summed E-state index contributed by atoms with van der Waals surface area (Å²) in [6.45, 7) is 7.58. The summed E-state index contributed by atoms with van der Waals surface area (Å²) in [5.41, 5.74) is 0. The van der Waals surface area contributed by atoms with E-state index in [-0.39, 0.29) is 12.6 Å². The van der Waals surface area contributed by atoms with Crippen LogP contribution in [0.4, 0.5) is 0 Å². The Kier molecular flexibility index (Phi) is 6.49. The Morgan fingerprint density at radius 1 is 1.43 bits per heavy atom. The molecule has 0 aromatic rings. The first kappa shape index (κ1) is 13.4. The third-order valence-corrected chi connectivity index (χ3v) is 1.97. The van der Waals surface area contributed by atoms with Gasteiger partial charge in [0.15, 0.2) is 0 Å². The maximum atomic E-state index is 10.6. The molecule has 0 spiro atoms. The second kappa shape index (κ2) is 6.79. The Hall–Kier alpha value is -0.610. The van der Waals surface area contributed by atoms with Gasteiger partial charge in [-0.15, -0.1) is 0 Å². The van der Waals surface area contributed by atoms with Gasteiger partial charge >= 0.3 is 5.97 Å². The predicted molar refractivity (Wildman–Crippen MR) is 55.4 cm³/mol. The van der Waals surface area contributed by atoms with Gasteiger partial charge in [0.25, 0.3) is 0 Å². The van der Waals surface area contributed by atoms with Crippen molar-refractivity contribution in [2.45, 2.75) is 26.8 Å². The first-order valence-corrected chi connectivity index (χ1v) is 4.92. The summed E-state index contributed by atoms with van der Waals surface area (Å²) in [5, 5.41) is 8.73. The Bertz CT molecular complexity index is 171. The molecule has 1 atom stereocenters. The fourth-order valence-electron chi connectivity index (χ4n) is 1.39. The quantitative estimate of drug-likeness (QED) is 0.672. The van der Waals surface area contributed by atoms with Gasteiger partial charge in [-0.3, -0.25) is 9.69 Å². The molecule has 0 bridgehead atoms. The number of aliphatic carboxylic acids is 1. The fourth-order valence-corrected chi connectivity index (χ4v) is 1.39. The molecule has 0 aliphatic heterocycles. The van der Waals surface area contributed by atoms with E-state index in [1.54, 1.807) is 7.11 Å². The highest BCUT2D eigenvalue weighted by Gasteiger charge is 2.17. The van der Waals surface area contributed by atoms with Crippen LogP contribution >= 0.6 is 0 Å². The number of carbonyl (C=O) groups is 1.